The third-order valence-electron chi connectivity index (χ3n) is 3.93. The van der Waals surface area contributed by atoms with E-state index in [9.17, 15) is 23.1 Å². The Kier molecular flexibility index (Phi) is 6.26. The van der Waals surface area contributed by atoms with Crippen LogP contribution in [0, 0.1) is 5.92 Å². The molecule has 0 radical (unpaired) electrons. The van der Waals surface area contributed by atoms with E-state index in [4.69, 9.17) is 10.5 Å². The highest BCUT2D eigenvalue weighted by Crippen LogP contribution is 2.44. The van der Waals surface area contributed by atoms with Crippen LogP contribution < -0.4 is 10.5 Å². The third kappa shape index (κ3) is 4.76. The van der Waals surface area contributed by atoms with Gasteiger partial charge in [0.15, 0.2) is 0 Å². The van der Waals surface area contributed by atoms with E-state index in [1.807, 2.05) is 0 Å². The van der Waals surface area contributed by atoms with Gasteiger partial charge in [-0.15, -0.1) is 0 Å². The van der Waals surface area contributed by atoms with Crippen molar-refractivity contribution in [1.82, 2.24) is 0 Å². The van der Waals surface area contributed by atoms with Crippen LogP contribution in [0.5, 0.6) is 11.5 Å². The predicted octanol–water partition coefficient (Wildman–Crippen LogP) is 3.83. The standard InChI is InChI=1S/C19H20F3NO3/c1-12(10-24)8-15-6-7-16(17(18(15)25)19(20,21)22)26-11-14-4-2-13(9-23)3-5-14/h2-7,10,12,25H,8-9,11,23H2,1H3. The molecule has 2 rings (SSSR count). The van der Waals surface area contributed by atoms with Crippen molar-refractivity contribution in [3.63, 3.8) is 0 Å². The Morgan fingerprint density at radius 1 is 1.15 bits per heavy atom. The van der Waals surface area contributed by atoms with E-state index < -0.39 is 29.2 Å². The first kappa shape index (κ1) is 19.8. The Morgan fingerprint density at radius 2 is 1.77 bits per heavy atom. The van der Waals surface area contributed by atoms with Crippen LogP contribution in [0.1, 0.15) is 29.2 Å². The molecule has 3 N–H and O–H groups in total. The first-order valence-corrected chi connectivity index (χ1v) is 8.04. The van der Waals surface area contributed by atoms with Crippen LogP contribution in [-0.2, 0) is 30.5 Å². The first-order chi connectivity index (χ1) is 12.3. The van der Waals surface area contributed by atoms with Gasteiger partial charge in [0.25, 0.3) is 0 Å². The monoisotopic (exact) mass is 367 g/mol. The van der Waals surface area contributed by atoms with E-state index in [0.717, 1.165) is 5.56 Å². The highest BCUT2D eigenvalue weighted by atomic mass is 19.4. The molecule has 0 heterocycles. The molecule has 4 nitrogen and oxygen atoms in total. The molecule has 0 aliphatic carbocycles. The van der Waals surface area contributed by atoms with E-state index in [2.05, 4.69) is 0 Å². The van der Waals surface area contributed by atoms with Crippen molar-refractivity contribution < 1.29 is 27.8 Å². The number of aromatic hydroxyl groups is 1. The molecule has 2 aromatic carbocycles. The van der Waals surface area contributed by atoms with E-state index in [0.29, 0.717) is 18.4 Å². The molecule has 0 bridgehead atoms. The molecule has 1 unspecified atom stereocenters. The number of phenolic OH excluding ortho intramolecular Hbond substituents is 1. The van der Waals surface area contributed by atoms with Crippen molar-refractivity contribution in [1.29, 1.82) is 0 Å². The van der Waals surface area contributed by atoms with E-state index >= 15 is 0 Å². The average molecular weight is 367 g/mol. The Labute approximate surface area is 149 Å². The van der Waals surface area contributed by atoms with Crippen molar-refractivity contribution in [3.8, 4) is 11.5 Å². The number of hydrogen-bond donors (Lipinski definition) is 2. The number of halogens is 3. The Hall–Kier alpha value is -2.54. The summed E-state index contributed by atoms with van der Waals surface area (Å²) in [4.78, 5) is 10.7. The van der Waals surface area contributed by atoms with Gasteiger partial charge in [-0.25, -0.2) is 0 Å². The molecular weight excluding hydrogens is 347 g/mol. The lowest BCUT2D eigenvalue weighted by Gasteiger charge is -2.18. The van der Waals surface area contributed by atoms with Crippen LogP contribution >= 0.6 is 0 Å². The number of benzene rings is 2. The largest absolute Gasteiger partial charge is 0.507 e. The maximum absolute atomic E-state index is 13.4. The average Bonchev–Trinajstić information content (AvgIpc) is 2.61. The molecule has 1 atom stereocenters. The lowest BCUT2D eigenvalue weighted by atomic mass is 9.98. The molecule has 0 spiro atoms. The normalized spacial score (nSPS) is 12.7. The third-order valence-corrected chi connectivity index (χ3v) is 3.93. The second kappa shape index (κ2) is 8.23. The molecule has 0 aliphatic heterocycles. The molecular formula is C19H20F3NO3. The van der Waals surface area contributed by atoms with Crippen LogP contribution in [0.2, 0.25) is 0 Å². The fourth-order valence-electron chi connectivity index (χ4n) is 2.50. The molecule has 140 valence electrons. The number of ether oxygens (including phenoxy) is 1. The summed E-state index contributed by atoms with van der Waals surface area (Å²) in [6.45, 7) is 1.85. The van der Waals surface area contributed by atoms with Gasteiger partial charge < -0.3 is 20.4 Å². The van der Waals surface area contributed by atoms with E-state index in [1.54, 1.807) is 31.2 Å². The molecule has 7 heteroatoms. The zero-order valence-corrected chi connectivity index (χ0v) is 14.2. The summed E-state index contributed by atoms with van der Waals surface area (Å²) in [5.41, 5.74) is 5.90. The lowest BCUT2D eigenvalue weighted by molar-refractivity contribution is -0.140. The van der Waals surface area contributed by atoms with Crippen molar-refractivity contribution in [2.75, 3.05) is 0 Å². The zero-order chi connectivity index (χ0) is 19.3. The van der Waals surface area contributed by atoms with Gasteiger partial charge in [-0.05, 0) is 29.2 Å². The number of carbonyl (C=O) groups excluding carboxylic acids is 1. The molecule has 0 aliphatic rings. The van der Waals surface area contributed by atoms with Gasteiger partial charge >= 0.3 is 6.18 Å². The van der Waals surface area contributed by atoms with Crippen LogP contribution in [0.4, 0.5) is 13.2 Å². The van der Waals surface area contributed by atoms with Gasteiger partial charge in [0.2, 0.25) is 0 Å². The van der Waals surface area contributed by atoms with Crippen LogP contribution in [-0.4, -0.2) is 11.4 Å². The SMILES string of the molecule is CC(C=O)Cc1ccc(OCc2ccc(CN)cc2)c(C(F)(F)F)c1O. The maximum Gasteiger partial charge on any atom is 0.423 e. The molecule has 26 heavy (non-hydrogen) atoms. The molecule has 0 saturated carbocycles. The van der Waals surface area contributed by atoms with Gasteiger partial charge in [0.1, 0.15) is 30.0 Å². The number of phenols is 1. The van der Waals surface area contributed by atoms with Gasteiger partial charge in [-0.2, -0.15) is 13.2 Å². The number of rotatable bonds is 7. The van der Waals surface area contributed by atoms with Gasteiger partial charge in [-0.1, -0.05) is 37.3 Å². The van der Waals surface area contributed by atoms with Crippen molar-refractivity contribution in [2.45, 2.75) is 32.7 Å². The van der Waals surface area contributed by atoms with Gasteiger partial charge in [-0.3, -0.25) is 0 Å². The van der Waals surface area contributed by atoms with Gasteiger partial charge in [0, 0.05) is 12.5 Å². The molecule has 0 aromatic heterocycles. The Bertz CT molecular complexity index is 758. The minimum absolute atomic E-state index is 0.0131. The fraction of sp³-hybridized carbons (Fsp3) is 0.316. The summed E-state index contributed by atoms with van der Waals surface area (Å²) < 4.78 is 45.5. The zero-order valence-electron chi connectivity index (χ0n) is 14.2. The highest BCUT2D eigenvalue weighted by Gasteiger charge is 2.39. The summed E-state index contributed by atoms with van der Waals surface area (Å²) in [6, 6.07) is 9.49. The predicted molar refractivity (Wildman–Crippen MR) is 90.7 cm³/mol. The van der Waals surface area contributed by atoms with Crippen LogP contribution in [0.25, 0.3) is 0 Å². The Morgan fingerprint density at radius 3 is 2.31 bits per heavy atom. The number of hydrogen-bond acceptors (Lipinski definition) is 4. The number of nitrogens with two attached hydrogens (primary N) is 1. The number of aldehydes is 1. The number of carbonyl (C=O) groups is 1. The van der Waals surface area contributed by atoms with Gasteiger partial charge in [0.05, 0.1) is 0 Å². The molecule has 0 saturated heterocycles. The minimum Gasteiger partial charge on any atom is -0.507 e. The lowest BCUT2D eigenvalue weighted by Crippen LogP contribution is -2.11. The second-order valence-electron chi connectivity index (χ2n) is 6.07. The van der Waals surface area contributed by atoms with Crippen molar-refractivity contribution in [3.05, 3.63) is 58.7 Å². The smallest absolute Gasteiger partial charge is 0.423 e. The fourth-order valence-corrected chi connectivity index (χ4v) is 2.50. The quantitative estimate of drug-likeness (QED) is 0.730. The Balaban J connectivity index is 2.28. The number of alkyl halides is 3. The van der Waals surface area contributed by atoms with E-state index in [1.165, 1.54) is 12.1 Å². The summed E-state index contributed by atoms with van der Waals surface area (Å²) >= 11 is 0. The van der Waals surface area contributed by atoms with Crippen molar-refractivity contribution in [2.24, 2.45) is 11.7 Å². The highest BCUT2D eigenvalue weighted by molar-refractivity contribution is 5.56. The van der Waals surface area contributed by atoms with Crippen molar-refractivity contribution >= 4 is 6.29 Å². The summed E-state index contributed by atoms with van der Waals surface area (Å²) in [5.74, 6) is -1.86. The molecule has 0 fully saturated rings. The van der Waals surface area contributed by atoms with Crippen LogP contribution in [0.3, 0.4) is 0 Å². The molecule has 2 aromatic rings. The summed E-state index contributed by atoms with van der Waals surface area (Å²) in [6.07, 6.45) is -4.15. The maximum atomic E-state index is 13.4. The second-order valence-corrected chi connectivity index (χ2v) is 6.07. The van der Waals surface area contributed by atoms with E-state index in [-0.39, 0.29) is 18.6 Å². The van der Waals surface area contributed by atoms with Crippen LogP contribution in [0.15, 0.2) is 36.4 Å². The first-order valence-electron chi connectivity index (χ1n) is 8.04. The molecule has 0 amide bonds. The minimum atomic E-state index is -4.79. The topological polar surface area (TPSA) is 72.5 Å². The summed E-state index contributed by atoms with van der Waals surface area (Å²) in [7, 11) is 0. The summed E-state index contributed by atoms with van der Waals surface area (Å²) in [5, 5.41) is 10.1.